The number of rotatable bonds is 10. The molecule has 0 saturated carbocycles. The first-order valence-corrected chi connectivity index (χ1v) is 13.0. The number of phosphoric ester groups is 1. The first-order chi connectivity index (χ1) is 14.6. The molecule has 2 heterocycles. The highest BCUT2D eigenvalue weighted by molar-refractivity contribution is 7.66. The van der Waals surface area contributed by atoms with Crippen LogP contribution < -0.4 is 11.4 Å². The Kier molecular flexibility index (Phi) is 8.52. The van der Waals surface area contributed by atoms with Crippen LogP contribution in [0.2, 0.25) is 0 Å². The van der Waals surface area contributed by atoms with E-state index in [-0.39, 0.29) is 25.1 Å². The largest absolute Gasteiger partial charge is 0.490 e. The topological polar surface area (TPSA) is 274 Å². The van der Waals surface area contributed by atoms with Crippen molar-refractivity contribution in [3.63, 3.8) is 0 Å². The number of nitrogens with two attached hydrogens (primary N) is 1. The molecule has 32 heavy (non-hydrogen) atoms. The van der Waals surface area contributed by atoms with Gasteiger partial charge in [-0.25, -0.2) is 18.5 Å². The van der Waals surface area contributed by atoms with Crippen LogP contribution in [0.3, 0.4) is 0 Å². The van der Waals surface area contributed by atoms with Gasteiger partial charge < -0.3 is 35.2 Å². The lowest BCUT2D eigenvalue weighted by molar-refractivity contribution is -0.0450. The Morgan fingerprint density at radius 3 is 2.50 bits per heavy atom. The number of nitriles is 1. The van der Waals surface area contributed by atoms with Crippen molar-refractivity contribution in [2.24, 2.45) is 0 Å². The SMILES string of the molecule is N#CCCc1cn([C@H]2C[C@H](O)[C@@H](COP(=O)(O)OP(=O)(O)OP(=O)(O)O)O2)c(=O)nc1N. The molecule has 1 saturated heterocycles. The maximum Gasteiger partial charge on any atom is 0.490 e. The lowest BCUT2D eigenvalue weighted by Crippen LogP contribution is -2.29. The molecule has 180 valence electrons. The molecule has 0 spiro atoms. The minimum absolute atomic E-state index is 0.0794. The van der Waals surface area contributed by atoms with Crippen LogP contribution in [-0.4, -0.2) is 53.0 Å². The standard InChI is InChI=1S/C12H19N4O13P3/c13-3-1-2-7-5-16(12(18)15-11(7)14)10-4-8(17)9(27-10)6-26-31(22,23)29-32(24,25)28-30(19,20)21/h5,8-10,17H,1-2,4,6H2,(H,22,23)(H,24,25)(H2,14,15,18)(H2,19,20,21)/t8-,9+,10+/m0/s1. The Balaban J connectivity index is 2.06. The van der Waals surface area contributed by atoms with E-state index in [9.17, 15) is 28.5 Å². The monoisotopic (exact) mass is 520 g/mol. The Morgan fingerprint density at radius 1 is 1.25 bits per heavy atom. The number of aliphatic hydroxyl groups is 1. The quantitative estimate of drug-likeness (QED) is 0.207. The third-order valence-corrected chi connectivity index (χ3v) is 7.70. The molecule has 1 fully saturated rings. The molecule has 1 aromatic rings. The second kappa shape index (κ2) is 10.2. The van der Waals surface area contributed by atoms with E-state index in [1.807, 2.05) is 6.07 Å². The molecule has 7 N–H and O–H groups in total. The summed E-state index contributed by atoms with van der Waals surface area (Å²) in [5, 5.41) is 18.8. The molecule has 1 aliphatic rings. The van der Waals surface area contributed by atoms with Crippen molar-refractivity contribution in [3.8, 4) is 6.07 Å². The summed E-state index contributed by atoms with van der Waals surface area (Å²) in [5.41, 5.74) is 5.20. The molecule has 17 nitrogen and oxygen atoms in total. The van der Waals surface area contributed by atoms with E-state index < -0.39 is 54.2 Å². The van der Waals surface area contributed by atoms with Crippen LogP contribution in [-0.2, 0) is 38.0 Å². The number of phosphoric acid groups is 3. The predicted octanol–water partition coefficient (Wildman–Crippen LogP) is -0.727. The second-order valence-corrected chi connectivity index (χ2v) is 10.7. The number of aromatic nitrogens is 2. The second-order valence-electron chi connectivity index (χ2n) is 6.32. The average molecular weight is 520 g/mol. The zero-order chi connectivity index (χ0) is 24.3. The molecule has 0 aromatic carbocycles. The van der Waals surface area contributed by atoms with E-state index >= 15 is 0 Å². The molecular weight excluding hydrogens is 501 g/mol. The van der Waals surface area contributed by atoms with Crippen molar-refractivity contribution in [2.75, 3.05) is 12.3 Å². The lowest BCUT2D eigenvalue weighted by atomic mass is 10.1. The molecule has 20 heteroatoms. The van der Waals surface area contributed by atoms with Crippen molar-refractivity contribution >= 4 is 29.3 Å². The van der Waals surface area contributed by atoms with Gasteiger partial charge in [0.2, 0.25) is 0 Å². The van der Waals surface area contributed by atoms with Crippen molar-refractivity contribution in [2.45, 2.75) is 37.7 Å². The van der Waals surface area contributed by atoms with E-state index in [4.69, 9.17) is 30.4 Å². The van der Waals surface area contributed by atoms with Gasteiger partial charge in [0, 0.05) is 24.6 Å². The highest BCUT2D eigenvalue weighted by Crippen LogP contribution is 2.66. The van der Waals surface area contributed by atoms with Crippen molar-refractivity contribution < 1.29 is 56.3 Å². The van der Waals surface area contributed by atoms with Crippen LogP contribution in [0.25, 0.3) is 0 Å². The van der Waals surface area contributed by atoms with E-state index in [2.05, 4.69) is 18.1 Å². The van der Waals surface area contributed by atoms with Crippen LogP contribution in [0.4, 0.5) is 5.82 Å². The predicted molar refractivity (Wildman–Crippen MR) is 101 cm³/mol. The summed E-state index contributed by atoms with van der Waals surface area (Å²) in [5.74, 6) is -0.0794. The normalized spacial score (nSPS) is 25.1. The fourth-order valence-electron chi connectivity index (χ4n) is 2.62. The van der Waals surface area contributed by atoms with Crippen molar-refractivity contribution in [3.05, 3.63) is 22.2 Å². The van der Waals surface area contributed by atoms with Crippen LogP contribution in [0, 0.1) is 11.3 Å². The zero-order valence-corrected chi connectivity index (χ0v) is 18.6. The van der Waals surface area contributed by atoms with Crippen LogP contribution in [0.15, 0.2) is 11.0 Å². The minimum Gasteiger partial charge on any atom is -0.390 e. The maximum absolute atomic E-state index is 12.1. The number of nitrogen functional groups attached to an aromatic ring is 1. The van der Waals surface area contributed by atoms with Gasteiger partial charge in [-0.1, -0.05) is 0 Å². The smallest absolute Gasteiger partial charge is 0.390 e. The summed E-state index contributed by atoms with van der Waals surface area (Å²) in [6, 6.07) is 1.91. The number of hydrogen-bond donors (Lipinski definition) is 6. The van der Waals surface area contributed by atoms with Gasteiger partial charge in [0.05, 0.1) is 18.8 Å². The van der Waals surface area contributed by atoms with E-state index in [0.29, 0.717) is 5.56 Å². The summed E-state index contributed by atoms with van der Waals surface area (Å²) < 4.78 is 51.7. The van der Waals surface area contributed by atoms with Gasteiger partial charge in [-0.3, -0.25) is 9.09 Å². The molecule has 0 bridgehead atoms. The third kappa shape index (κ3) is 7.82. The maximum atomic E-state index is 12.1. The molecule has 0 aliphatic carbocycles. The van der Waals surface area contributed by atoms with Crippen molar-refractivity contribution in [1.82, 2.24) is 9.55 Å². The van der Waals surface area contributed by atoms with Gasteiger partial charge in [0.1, 0.15) is 18.1 Å². The minimum atomic E-state index is -5.69. The van der Waals surface area contributed by atoms with Gasteiger partial charge in [-0.05, 0) is 6.42 Å². The number of anilines is 1. The first-order valence-electron chi connectivity index (χ1n) is 8.49. The number of aryl methyl sites for hydroxylation is 1. The van der Waals surface area contributed by atoms with E-state index in [1.165, 1.54) is 6.20 Å². The molecule has 2 rings (SSSR count). The fourth-order valence-corrected chi connectivity index (χ4v) is 5.65. The molecule has 0 amide bonds. The average Bonchev–Trinajstić information content (AvgIpc) is 2.97. The third-order valence-electron chi connectivity index (χ3n) is 3.90. The lowest BCUT2D eigenvalue weighted by Gasteiger charge is -2.19. The molecule has 0 radical (unpaired) electrons. The van der Waals surface area contributed by atoms with Gasteiger partial charge in [0.15, 0.2) is 0 Å². The Hall–Kier alpha value is -1.50. The number of ether oxygens (including phenoxy) is 1. The number of hydrogen-bond acceptors (Lipinski definition) is 12. The number of nitrogens with zero attached hydrogens (tertiary/aromatic N) is 3. The van der Waals surface area contributed by atoms with Gasteiger partial charge in [-0.15, -0.1) is 0 Å². The summed E-state index contributed by atoms with van der Waals surface area (Å²) in [6.07, 6.45) is -2.35. The Bertz CT molecular complexity index is 1080. The highest BCUT2D eigenvalue weighted by atomic mass is 31.3. The van der Waals surface area contributed by atoms with Crippen LogP contribution in [0.5, 0.6) is 0 Å². The van der Waals surface area contributed by atoms with Gasteiger partial charge in [-0.2, -0.15) is 18.9 Å². The van der Waals surface area contributed by atoms with Gasteiger partial charge in [0.25, 0.3) is 0 Å². The molecule has 1 aliphatic heterocycles. The van der Waals surface area contributed by atoms with E-state index in [0.717, 1.165) is 4.57 Å². The Labute approximate surface area is 179 Å². The Morgan fingerprint density at radius 2 is 1.91 bits per heavy atom. The summed E-state index contributed by atoms with van der Waals surface area (Å²) in [7, 11) is -16.6. The summed E-state index contributed by atoms with van der Waals surface area (Å²) in [6.45, 7) is -0.889. The van der Waals surface area contributed by atoms with Crippen molar-refractivity contribution in [1.29, 1.82) is 5.26 Å². The summed E-state index contributed by atoms with van der Waals surface area (Å²) in [4.78, 5) is 51.3. The van der Waals surface area contributed by atoms with Gasteiger partial charge >= 0.3 is 29.2 Å². The van der Waals surface area contributed by atoms with Crippen LogP contribution >= 0.6 is 23.5 Å². The molecule has 5 atom stereocenters. The summed E-state index contributed by atoms with van der Waals surface area (Å²) >= 11 is 0. The first kappa shape index (κ1) is 26.7. The highest BCUT2D eigenvalue weighted by Gasteiger charge is 2.43. The van der Waals surface area contributed by atoms with Crippen LogP contribution in [0.1, 0.15) is 24.6 Å². The number of aliphatic hydroxyl groups excluding tert-OH is 1. The molecule has 2 unspecified atom stereocenters. The zero-order valence-electron chi connectivity index (χ0n) is 15.9. The fraction of sp³-hybridized carbons (Fsp3) is 0.583. The molecule has 1 aromatic heterocycles. The molecular formula is C12H19N4O13P3. The van der Waals surface area contributed by atoms with E-state index in [1.54, 1.807) is 0 Å².